The molecule has 0 N–H and O–H groups in total. The topological polar surface area (TPSA) is 48.5 Å². The van der Waals surface area contributed by atoms with Gasteiger partial charge in [0.15, 0.2) is 11.9 Å². The largest absolute Gasteiger partial charge is 0.618 e. The molecule has 0 atom stereocenters. The Labute approximate surface area is 142 Å². The van der Waals surface area contributed by atoms with Gasteiger partial charge in [-0.1, -0.05) is 11.6 Å². The van der Waals surface area contributed by atoms with Crippen LogP contribution in [-0.2, 0) is 0 Å². The van der Waals surface area contributed by atoms with Crippen LogP contribution in [0, 0.1) is 12.1 Å². The number of aliphatic imine (C=N–C) groups is 1. The van der Waals surface area contributed by atoms with Crippen molar-refractivity contribution in [2.24, 2.45) is 4.99 Å². The molecule has 4 nitrogen and oxygen atoms in total. The first-order chi connectivity index (χ1) is 10.3. The minimum Gasteiger partial charge on any atom is -0.618 e. The van der Waals surface area contributed by atoms with E-state index >= 15 is 0 Å². The summed E-state index contributed by atoms with van der Waals surface area (Å²) in [7, 11) is 0. The smallest absolute Gasteiger partial charge is 0.245 e. The van der Waals surface area contributed by atoms with E-state index in [1.165, 1.54) is 6.20 Å². The molecular weight excluding hydrogens is 368 g/mol. The maximum atomic E-state index is 12.3. The molecule has 1 aromatic carbocycles. The highest BCUT2D eigenvalue weighted by molar-refractivity contribution is 9.10. The van der Waals surface area contributed by atoms with Crippen LogP contribution >= 0.6 is 27.5 Å². The molecule has 0 radical (unpaired) electrons. The number of aromatic nitrogens is 1. The summed E-state index contributed by atoms with van der Waals surface area (Å²) in [6, 6.07) is 7.18. The van der Waals surface area contributed by atoms with E-state index in [0.717, 1.165) is 20.3 Å². The van der Waals surface area contributed by atoms with Gasteiger partial charge < -0.3 is 9.94 Å². The Kier molecular flexibility index (Phi) is 3.65. The van der Waals surface area contributed by atoms with Crippen molar-refractivity contribution in [3.8, 4) is 5.75 Å². The fourth-order valence-electron chi connectivity index (χ4n) is 2.48. The van der Waals surface area contributed by atoms with Crippen LogP contribution < -0.4 is 9.47 Å². The molecule has 0 unspecified atom stereocenters. The van der Waals surface area contributed by atoms with Crippen LogP contribution in [0.5, 0.6) is 5.75 Å². The lowest BCUT2D eigenvalue weighted by atomic mass is 10.00. The molecule has 6 heteroatoms. The van der Waals surface area contributed by atoms with E-state index in [4.69, 9.17) is 16.3 Å². The van der Waals surface area contributed by atoms with Crippen LogP contribution in [0.25, 0.3) is 0 Å². The van der Waals surface area contributed by atoms with E-state index in [1.54, 1.807) is 12.1 Å². The SMILES string of the molecule is Cc1ccc[n+]([O-])c1C1=NC(C)(C)Oc2cc(Cl)c(Br)cc21. The van der Waals surface area contributed by atoms with Gasteiger partial charge in [0.25, 0.3) is 0 Å². The summed E-state index contributed by atoms with van der Waals surface area (Å²) in [5, 5.41) is 12.8. The third kappa shape index (κ3) is 2.59. The standard InChI is InChI=1S/C16H14BrClN2O2/c1-9-5-4-6-20(21)15(9)14-10-7-11(17)12(18)8-13(10)22-16(2,3)19-14/h4-8H,1-3H3. The highest BCUT2D eigenvalue weighted by atomic mass is 79.9. The van der Waals surface area contributed by atoms with E-state index in [0.29, 0.717) is 22.2 Å². The van der Waals surface area contributed by atoms with Gasteiger partial charge in [-0.25, -0.2) is 4.99 Å². The highest BCUT2D eigenvalue weighted by Gasteiger charge is 2.33. The first-order valence-corrected chi connectivity index (χ1v) is 7.93. The Balaban J connectivity index is 2.31. The molecule has 22 heavy (non-hydrogen) atoms. The van der Waals surface area contributed by atoms with E-state index in [1.807, 2.05) is 32.9 Å². The minimum absolute atomic E-state index is 0.523. The van der Waals surface area contributed by atoms with Crippen molar-refractivity contribution < 1.29 is 9.47 Å². The summed E-state index contributed by atoms with van der Waals surface area (Å²) in [4.78, 5) is 4.63. The van der Waals surface area contributed by atoms with Crippen molar-refractivity contribution in [1.29, 1.82) is 0 Å². The normalized spacial score (nSPS) is 15.8. The first-order valence-electron chi connectivity index (χ1n) is 6.76. The molecule has 0 fully saturated rings. The van der Waals surface area contributed by atoms with E-state index in [9.17, 15) is 5.21 Å². The number of pyridine rings is 1. The molecular formula is C16H14BrClN2O2. The van der Waals surface area contributed by atoms with Crippen molar-refractivity contribution in [1.82, 2.24) is 0 Å². The molecule has 3 rings (SSSR count). The van der Waals surface area contributed by atoms with Crippen molar-refractivity contribution >= 4 is 33.2 Å². The molecule has 1 aromatic heterocycles. The zero-order chi connectivity index (χ0) is 16.1. The lowest BCUT2D eigenvalue weighted by Crippen LogP contribution is -2.40. The predicted octanol–water partition coefficient (Wildman–Crippen LogP) is 4.01. The number of hydrogen-bond acceptors (Lipinski definition) is 3. The summed E-state index contributed by atoms with van der Waals surface area (Å²) < 4.78 is 7.45. The van der Waals surface area contributed by atoms with Gasteiger partial charge >= 0.3 is 0 Å². The van der Waals surface area contributed by atoms with Crippen LogP contribution in [0.1, 0.15) is 30.7 Å². The molecule has 114 valence electrons. The average Bonchev–Trinajstić information content (AvgIpc) is 2.40. The van der Waals surface area contributed by atoms with Crippen molar-refractivity contribution in [3.63, 3.8) is 0 Å². The van der Waals surface area contributed by atoms with Gasteiger partial charge in [0.05, 0.1) is 10.6 Å². The number of ether oxygens (including phenoxy) is 1. The Morgan fingerprint density at radius 1 is 1.36 bits per heavy atom. The van der Waals surface area contributed by atoms with Gasteiger partial charge in [-0.3, -0.25) is 0 Å². The summed E-state index contributed by atoms with van der Waals surface area (Å²) >= 11 is 9.57. The van der Waals surface area contributed by atoms with Crippen molar-refractivity contribution in [2.45, 2.75) is 26.5 Å². The average molecular weight is 382 g/mol. The first kappa shape index (κ1) is 15.3. The molecule has 0 saturated carbocycles. The van der Waals surface area contributed by atoms with Crippen molar-refractivity contribution in [2.75, 3.05) is 0 Å². The van der Waals surface area contributed by atoms with Gasteiger partial charge in [-0.05, 0) is 48.8 Å². The summed E-state index contributed by atoms with van der Waals surface area (Å²) in [6.07, 6.45) is 1.47. The molecule has 0 spiro atoms. The van der Waals surface area contributed by atoms with Crippen LogP contribution in [0.15, 0.2) is 39.9 Å². The van der Waals surface area contributed by atoms with E-state index in [2.05, 4.69) is 20.9 Å². The predicted molar refractivity (Wildman–Crippen MR) is 89.6 cm³/mol. The molecule has 2 heterocycles. The van der Waals surface area contributed by atoms with E-state index in [-0.39, 0.29) is 0 Å². The third-order valence-corrected chi connectivity index (χ3v) is 4.60. The quantitative estimate of drug-likeness (QED) is 0.553. The second-order valence-electron chi connectivity index (χ2n) is 5.64. The number of fused-ring (bicyclic) bond motifs is 1. The Hall–Kier alpha value is -1.59. The van der Waals surface area contributed by atoms with Crippen molar-refractivity contribution in [3.05, 3.63) is 62.0 Å². The molecule has 2 aromatic rings. The van der Waals surface area contributed by atoms with Gasteiger partial charge in [0.2, 0.25) is 5.69 Å². The maximum Gasteiger partial charge on any atom is 0.245 e. The molecule has 0 aliphatic carbocycles. The fraction of sp³-hybridized carbons (Fsp3) is 0.250. The number of aryl methyl sites for hydroxylation is 1. The van der Waals surface area contributed by atoms with Gasteiger partial charge in [-0.2, -0.15) is 4.73 Å². The number of hydrogen-bond donors (Lipinski definition) is 0. The minimum atomic E-state index is -0.769. The number of halogens is 2. The maximum absolute atomic E-state index is 12.3. The second-order valence-corrected chi connectivity index (χ2v) is 6.90. The molecule has 1 aliphatic rings. The molecule has 0 bridgehead atoms. The molecule has 0 saturated heterocycles. The van der Waals surface area contributed by atoms with Gasteiger partial charge in [0.1, 0.15) is 11.5 Å². The second kappa shape index (κ2) is 5.25. The van der Waals surface area contributed by atoms with Gasteiger partial charge in [-0.15, -0.1) is 0 Å². The molecule has 1 aliphatic heterocycles. The third-order valence-electron chi connectivity index (χ3n) is 3.40. The fourth-order valence-corrected chi connectivity index (χ4v) is 2.98. The lowest BCUT2D eigenvalue weighted by molar-refractivity contribution is -0.607. The van der Waals surface area contributed by atoms with Crippen LogP contribution in [0.3, 0.4) is 0 Å². The van der Waals surface area contributed by atoms with Gasteiger partial charge in [0, 0.05) is 22.2 Å². The number of nitrogens with zero attached hydrogens (tertiary/aromatic N) is 2. The lowest BCUT2D eigenvalue weighted by Gasteiger charge is -2.30. The monoisotopic (exact) mass is 380 g/mol. The number of rotatable bonds is 1. The zero-order valence-corrected chi connectivity index (χ0v) is 14.7. The Bertz CT molecular complexity index is 783. The number of benzene rings is 1. The summed E-state index contributed by atoms with van der Waals surface area (Å²) in [6.45, 7) is 5.58. The Morgan fingerprint density at radius 2 is 2.09 bits per heavy atom. The van der Waals surface area contributed by atoms with Crippen LogP contribution in [0.4, 0.5) is 0 Å². The highest BCUT2D eigenvalue weighted by Crippen LogP contribution is 2.37. The molecule has 0 amide bonds. The van der Waals surface area contributed by atoms with Crippen LogP contribution in [-0.4, -0.2) is 11.4 Å². The summed E-state index contributed by atoms with van der Waals surface area (Å²) in [5.74, 6) is 0.617. The zero-order valence-electron chi connectivity index (χ0n) is 12.4. The summed E-state index contributed by atoms with van der Waals surface area (Å²) in [5.41, 5.74) is 1.96. The Morgan fingerprint density at radius 3 is 2.77 bits per heavy atom. The van der Waals surface area contributed by atoms with Crippen LogP contribution in [0.2, 0.25) is 5.02 Å². The van der Waals surface area contributed by atoms with E-state index < -0.39 is 5.72 Å².